The molecule has 3 rings (SSSR count). The van der Waals surface area contributed by atoms with Crippen molar-refractivity contribution < 1.29 is 23.9 Å². The van der Waals surface area contributed by atoms with E-state index in [0.29, 0.717) is 29.5 Å². The molecule has 1 saturated heterocycles. The molecule has 1 heterocycles. The van der Waals surface area contributed by atoms with Crippen molar-refractivity contribution in [2.24, 2.45) is 11.3 Å². The minimum Gasteiger partial charge on any atom is -0.488 e. The van der Waals surface area contributed by atoms with E-state index in [1.807, 2.05) is 0 Å². The molecule has 0 unspecified atom stereocenters. The molecule has 1 aliphatic carbocycles. The molecular weight excluding hydrogens is 396 g/mol. The molecule has 0 bridgehead atoms. The Kier molecular flexibility index (Phi) is 6.08. The first kappa shape index (κ1) is 21.4. The number of esters is 1. The van der Waals surface area contributed by atoms with Crippen LogP contribution in [0.5, 0.6) is 5.75 Å². The third-order valence-corrected chi connectivity index (χ3v) is 5.66. The van der Waals surface area contributed by atoms with Crippen molar-refractivity contribution in [1.29, 1.82) is 0 Å². The van der Waals surface area contributed by atoms with Gasteiger partial charge in [0.2, 0.25) is 0 Å². The molecule has 2 fully saturated rings. The van der Waals surface area contributed by atoms with Crippen LogP contribution in [0.1, 0.15) is 40.0 Å². The Hall–Kier alpha value is -2.28. The van der Waals surface area contributed by atoms with Crippen molar-refractivity contribution in [2.75, 3.05) is 19.8 Å². The number of carbonyl (C=O) groups excluding carboxylic acids is 3. The van der Waals surface area contributed by atoms with Crippen LogP contribution >= 0.6 is 11.6 Å². The number of ether oxygens (including phenoxy) is 2. The zero-order valence-electron chi connectivity index (χ0n) is 17.0. The van der Waals surface area contributed by atoms with Crippen LogP contribution in [0.3, 0.4) is 0 Å². The first-order valence-corrected chi connectivity index (χ1v) is 10.2. The molecular formula is C21H27ClN2O5. The van der Waals surface area contributed by atoms with E-state index in [4.69, 9.17) is 21.1 Å². The lowest BCUT2D eigenvalue weighted by Crippen LogP contribution is -2.54. The molecule has 29 heavy (non-hydrogen) atoms. The molecule has 3 amide bonds. The highest BCUT2D eigenvalue weighted by atomic mass is 35.5. The van der Waals surface area contributed by atoms with E-state index in [-0.39, 0.29) is 24.5 Å². The zero-order valence-corrected chi connectivity index (χ0v) is 17.8. The number of nitrogens with zero attached hydrogens (tertiary/aromatic N) is 1. The number of hydrogen-bond acceptors (Lipinski definition) is 5. The smallest absolute Gasteiger partial charge is 0.326 e. The van der Waals surface area contributed by atoms with E-state index in [2.05, 4.69) is 26.1 Å². The third-order valence-electron chi connectivity index (χ3n) is 5.35. The van der Waals surface area contributed by atoms with Gasteiger partial charge in [-0.3, -0.25) is 14.5 Å². The summed E-state index contributed by atoms with van der Waals surface area (Å²) in [4.78, 5) is 38.5. The molecule has 1 N–H and O–H groups in total. The molecule has 8 heteroatoms. The van der Waals surface area contributed by atoms with Gasteiger partial charge in [0.05, 0.1) is 5.02 Å². The number of urea groups is 1. The SMILES string of the molecule is C[C@@H]1CC(C)(C)C[C@]2(C1)NC(=O)N(CC(=O)OCCOc1ccccc1Cl)C2=O. The van der Waals surface area contributed by atoms with Gasteiger partial charge in [-0.25, -0.2) is 4.79 Å². The lowest BCUT2D eigenvalue weighted by Gasteiger charge is -2.43. The van der Waals surface area contributed by atoms with Gasteiger partial charge in [-0.1, -0.05) is 44.5 Å². The Morgan fingerprint density at radius 3 is 2.66 bits per heavy atom. The molecule has 2 aliphatic rings. The zero-order chi connectivity index (χ0) is 21.2. The van der Waals surface area contributed by atoms with Crippen LogP contribution < -0.4 is 10.1 Å². The molecule has 1 spiro atoms. The summed E-state index contributed by atoms with van der Waals surface area (Å²) in [5, 5.41) is 3.31. The summed E-state index contributed by atoms with van der Waals surface area (Å²) in [5.41, 5.74) is -0.987. The molecule has 1 aromatic carbocycles. The highest BCUT2D eigenvalue weighted by Crippen LogP contribution is 2.46. The molecule has 1 aliphatic heterocycles. The van der Waals surface area contributed by atoms with Gasteiger partial charge in [0.15, 0.2) is 0 Å². The second-order valence-electron chi connectivity index (χ2n) is 8.76. The average molecular weight is 423 g/mol. The summed E-state index contributed by atoms with van der Waals surface area (Å²) < 4.78 is 10.6. The second kappa shape index (κ2) is 8.22. The normalized spacial score (nSPS) is 25.8. The molecule has 1 saturated carbocycles. The number of carbonyl (C=O) groups is 3. The number of benzene rings is 1. The van der Waals surface area contributed by atoms with Crippen molar-refractivity contribution in [3.8, 4) is 5.75 Å². The molecule has 7 nitrogen and oxygen atoms in total. The van der Waals surface area contributed by atoms with Crippen LogP contribution in [0, 0.1) is 11.3 Å². The second-order valence-corrected chi connectivity index (χ2v) is 9.16. The molecule has 0 radical (unpaired) electrons. The van der Waals surface area contributed by atoms with Gasteiger partial charge >= 0.3 is 12.0 Å². The number of hydrogen-bond donors (Lipinski definition) is 1. The Balaban J connectivity index is 1.52. The van der Waals surface area contributed by atoms with Crippen LogP contribution in [0.15, 0.2) is 24.3 Å². The maximum absolute atomic E-state index is 13.0. The van der Waals surface area contributed by atoms with Crippen LogP contribution in [0.2, 0.25) is 5.02 Å². The Labute approximate surface area is 175 Å². The van der Waals surface area contributed by atoms with Gasteiger partial charge < -0.3 is 14.8 Å². The fourth-order valence-electron chi connectivity index (χ4n) is 4.69. The number of imide groups is 1. The molecule has 158 valence electrons. The summed E-state index contributed by atoms with van der Waals surface area (Å²) in [6.45, 7) is 5.97. The Bertz CT molecular complexity index is 812. The fraction of sp³-hybridized carbons (Fsp3) is 0.571. The van der Waals surface area contributed by atoms with Gasteiger partial charge in [0.25, 0.3) is 5.91 Å². The van der Waals surface area contributed by atoms with E-state index < -0.39 is 24.1 Å². The Morgan fingerprint density at radius 2 is 1.97 bits per heavy atom. The summed E-state index contributed by atoms with van der Waals surface area (Å²) in [7, 11) is 0. The van der Waals surface area contributed by atoms with Gasteiger partial charge in [0, 0.05) is 0 Å². The van der Waals surface area contributed by atoms with Crippen molar-refractivity contribution in [1.82, 2.24) is 10.2 Å². The van der Waals surface area contributed by atoms with Crippen molar-refractivity contribution >= 4 is 29.5 Å². The number of para-hydroxylation sites is 1. The van der Waals surface area contributed by atoms with Crippen molar-refractivity contribution in [2.45, 2.75) is 45.6 Å². The predicted octanol–water partition coefficient (Wildman–Crippen LogP) is 3.40. The minimum atomic E-state index is -0.925. The fourth-order valence-corrected chi connectivity index (χ4v) is 4.88. The maximum Gasteiger partial charge on any atom is 0.326 e. The summed E-state index contributed by atoms with van der Waals surface area (Å²) >= 11 is 5.99. The first-order chi connectivity index (χ1) is 13.6. The maximum atomic E-state index is 13.0. The van der Waals surface area contributed by atoms with E-state index >= 15 is 0 Å². The number of amides is 3. The van der Waals surface area contributed by atoms with Gasteiger partial charge in [-0.05, 0) is 42.7 Å². The average Bonchev–Trinajstić information content (AvgIpc) is 2.81. The van der Waals surface area contributed by atoms with Gasteiger partial charge in [-0.2, -0.15) is 0 Å². The van der Waals surface area contributed by atoms with Gasteiger partial charge in [0.1, 0.15) is 31.0 Å². The van der Waals surface area contributed by atoms with Crippen LogP contribution in [0.4, 0.5) is 4.79 Å². The number of nitrogens with one attached hydrogen (secondary N) is 1. The third kappa shape index (κ3) is 4.83. The number of rotatable bonds is 6. The highest BCUT2D eigenvalue weighted by molar-refractivity contribution is 6.32. The van der Waals surface area contributed by atoms with Crippen LogP contribution in [-0.2, 0) is 14.3 Å². The summed E-state index contributed by atoms with van der Waals surface area (Å²) in [5.74, 6) is -0.199. The lowest BCUT2D eigenvalue weighted by atomic mass is 9.64. The predicted molar refractivity (Wildman–Crippen MR) is 108 cm³/mol. The van der Waals surface area contributed by atoms with Crippen molar-refractivity contribution in [3.63, 3.8) is 0 Å². The van der Waals surface area contributed by atoms with Crippen LogP contribution in [0.25, 0.3) is 0 Å². The van der Waals surface area contributed by atoms with E-state index in [0.717, 1.165) is 11.3 Å². The van der Waals surface area contributed by atoms with Crippen molar-refractivity contribution in [3.05, 3.63) is 29.3 Å². The number of halogens is 1. The standard InChI is InChI=1S/C21H27ClN2O5/c1-14-10-20(2,3)13-21(11-14)18(26)24(19(27)23-21)12-17(25)29-9-8-28-16-7-5-4-6-15(16)22/h4-7,14H,8-13H2,1-3H3,(H,23,27)/t14-,21+/m1/s1. The van der Waals surface area contributed by atoms with E-state index in [9.17, 15) is 14.4 Å². The summed E-state index contributed by atoms with van der Waals surface area (Å²) in [6.07, 6.45) is 2.13. The van der Waals surface area contributed by atoms with Gasteiger partial charge in [-0.15, -0.1) is 0 Å². The van der Waals surface area contributed by atoms with E-state index in [1.54, 1.807) is 24.3 Å². The molecule has 2 atom stereocenters. The lowest BCUT2D eigenvalue weighted by molar-refractivity contribution is -0.149. The first-order valence-electron chi connectivity index (χ1n) is 9.79. The molecule has 1 aromatic rings. The Morgan fingerprint density at radius 1 is 1.24 bits per heavy atom. The monoisotopic (exact) mass is 422 g/mol. The topological polar surface area (TPSA) is 84.9 Å². The quantitative estimate of drug-likeness (QED) is 0.431. The van der Waals surface area contributed by atoms with E-state index in [1.165, 1.54) is 0 Å². The minimum absolute atomic E-state index is 0.0110. The highest BCUT2D eigenvalue weighted by Gasteiger charge is 2.56. The molecule has 0 aromatic heterocycles. The summed E-state index contributed by atoms with van der Waals surface area (Å²) in [6, 6.07) is 6.44. The van der Waals surface area contributed by atoms with Crippen LogP contribution in [-0.4, -0.2) is 48.1 Å². The largest absolute Gasteiger partial charge is 0.488 e.